The molecule has 0 aliphatic heterocycles. The number of rotatable bonds is 2. The van der Waals surface area contributed by atoms with Gasteiger partial charge in [-0.05, 0) is 11.6 Å². The van der Waals surface area contributed by atoms with E-state index in [2.05, 4.69) is 0 Å². The number of benzene rings is 1. The number of methoxy groups -OCH3 is 1. The summed E-state index contributed by atoms with van der Waals surface area (Å²) in [6.45, 7) is -0.0273. The molecule has 2 aromatic rings. The third-order valence-electron chi connectivity index (χ3n) is 2.10. The van der Waals surface area contributed by atoms with Crippen LogP contribution in [0.3, 0.4) is 0 Å². The van der Waals surface area contributed by atoms with Crippen molar-refractivity contribution in [1.29, 1.82) is 0 Å². The summed E-state index contributed by atoms with van der Waals surface area (Å²) in [5.74, 6) is 0.716. The second-order valence-electron chi connectivity index (χ2n) is 2.91. The van der Waals surface area contributed by atoms with Crippen LogP contribution in [0.2, 0.25) is 0 Å². The van der Waals surface area contributed by atoms with Crippen molar-refractivity contribution < 1.29 is 14.9 Å². The molecule has 0 spiro atoms. The van der Waals surface area contributed by atoms with Crippen molar-refractivity contribution in [2.75, 3.05) is 7.11 Å². The van der Waals surface area contributed by atoms with E-state index in [1.165, 1.54) is 11.3 Å². The van der Waals surface area contributed by atoms with Crippen molar-refractivity contribution in [1.82, 2.24) is 0 Å². The van der Waals surface area contributed by atoms with Gasteiger partial charge in [-0.1, -0.05) is 17.4 Å². The predicted molar refractivity (Wildman–Crippen MR) is 56.0 cm³/mol. The van der Waals surface area contributed by atoms with Gasteiger partial charge in [0.25, 0.3) is 0 Å². The topological polar surface area (TPSA) is 49.7 Å². The summed E-state index contributed by atoms with van der Waals surface area (Å²) in [6.07, 6.45) is 0. The summed E-state index contributed by atoms with van der Waals surface area (Å²) in [4.78, 5) is 0. The number of hydrogen-bond acceptors (Lipinski definition) is 4. The van der Waals surface area contributed by atoms with Crippen molar-refractivity contribution in [2.45, 2.75) is 6.61 Å². The molecule has 0 unspecified atom stereocenters. The van der Waals surface area contributed by atoms with Crippen molar-refractivity contribution >= 4 is 21.4 Å². The highest BCUT2D eigenvalue weighted by molar-refractivity contribution is 7.20. The average molecular weight is 210 g/mol. The van der Waals surface area contributed by atoms with E-state index in [4.69, 9.17) is 9.84 Å². The Morgan fingerprint density at radius 2 is 2.21 bits per heavy atom. The zero-order valence-electron chi connectivity index (χ0n) is 7.65. The Morgan fingerprint density at radius 3 is 2.86 bits per heavy atom. The minimum atomic E-state index is -0.0273. The van der Waals surface area contributed by atoms with E-state index < -0.39 is 0 Å². The van der Waals surface area contributed by atoms with Crippen LogP contribution in [0, 0.1) is 0 Å². The summed E-state index contributed by atoms with van der Waals surface area (Å²) in [5, 5.41) is 19.6. The van der Waals surface area contributed by atoms with Crippen LogP contribution in [0.25, 0.3) is 10.1 Å². The predicted octanol–water partition coefficient (Wildman–Crippen LogP) is 2.11. The third kappa shape index (κ3) is 1.32. The lowest BCUT2D eigenvalue weighted by atomic mass is 10.1. The van der Waals surface area contributed by atoms with Crippen LogP contribution in [-0.2, 0) is 6.61 Å². The first kappa shape index (κ1) is 9.30. The van der Waals surface area contributed by atoms with E-state index in [1.807, 2.05) is 0 Å². The third-order valence-corrected chi connectivity index (χ3v) is 3.12. The molecule has 0 bridgehead atoms. The van der Waals surface area contributed by atoms with Crippen LogP contribution < -0.4 is 4.74 Å². The van der Waals surface area contributed by atoms with Gasteiger partial charge in [-0.25, -0.2) is 0 Å². The summed E-state index contributed by atoms with van der Waals surface area (Å²) < 4.78 is 6.03. The molecule has 0 aliphatic rings. The fourth-order valence-corrected chi connectivity index (χ4v) is 2.36. The molecular formula is C10H10O3S. The normalized spacial score (nSPS) is 10.7. The quantitative estimate of drug-likeness (QED) is 0.798. The van der Waals surface area contributed by atoms with E-state index in [1.54, 1.807) is 25.3 Å². The molecular weight excluding hydrogens is 200 g/mol. The van der Waals surface area contributed by atoms with Crippen LogP contribution in [0.5, 0.6) is 10.8 Å². The van der Waals surface area contributed by atoms with E-state index in [9.17, 15) is 5.11 Å². The van der Waals surface area contributed by atoms with Crippen molar-refractivity contribution in [3.05, 3.63) is 23.8 Å². The standard InChI is InChI=1S/C10H10O3S/c1-13-8-3-2-6(5-11)10-7(8)4-9(12)14-10/h2-4,11-12H,5H2,1H3. The van der Waals surface area contributed by atoms with Gasteiger partial charge < -0.3 is 14.9 Å². The molecule has 14 heavy (non-hydrogen) atoms. The van der Waals surface area contributed by atoms with Gasteiger partial charge in [0, 0.05) is 16.2 Å². The lowest BCUT2D eigenvalue weighted by Gasteiger charge is -2.03. The van der Waals surface area contributed by atoms with E-state index in [-0.39, 0.29) is 11.7 Å². The number of aromatic hydroxyl groups is 1. The zero-order valence-corrected chi connectivity index (χ0v) is 8.47. The molecule has 0 amide bonds. The second kappa shape index (κ2) is 3.48. The first-order chi connectivity index (χ1) is 6.76. The number of aliphatic hydroxyl groups is 1. The van der Waals surface area contributed by atoms with Crippen LogP contribution in [-0.4, -0.2) is 17.3 Å². The number of thiophene rings is 1. The molecule has 1 heterocycles. The molecule has 0 fully saturated rings. The summed E-state index contributed by atoms with van der Waals surface area (Å²) in [6, 6.07) is 5.25. The number of fused-ring (bicyclic) bond motifs is 1. The van der Waals surface area contributed by atoms with E-state index in [0.717, 1.165) is 15.6 Å². The number of hydrogen-bond donors (Lipinski definition) is 2. The van der Waals surface area contributed by atoms with Crippen LogP contribution in [0.1, 0.15) is 5.56 Å². The largest absolute Gasteiger partial charge is 0.499 e. The Bertz CT molecular complexity index is 421. The molecule has 3 nitrogen and oxygen atoms in total. The summed E-state index contributed by atoms with van der Waals surface area (Å²) >= 11 is 1.25. The molecule has 74 valence electrons. The smallest absolute Gasteiger partial charge is 0.172 e. The van der Waals surface area contributed by atoms with Crippen molar-refractivity contribution in [2.24, 2.45) is 0 Å². The maximum atomic E-state index is 9.38. The number of ether oxygens (including phenoxy) is 1. The zero-order chi connectivity index (χ0) is 10.1. The monoisotopic (exact) mass is 210 g/mol. The minimum absolute atomic E-state index is 0.0273. The fraction of sp³-hybridized carbons (Fsp3) is 0.200. The van der Waals surface area contributed by atoms with Gasteiger partial charge in [-0.3, -0.25) is 0 Å². The Labute approximate surface area is 85.2 Å². The first-order valence-electron chi connectivity index (χ1n) is 4.15. The highest BCUT2D eigenvalue weighted by Gasteiger charge is 2.09. The Kier molecular flexibility index (Phi) is 2.31. The molecule has 4 heteroatoms. The molecule has 2 N–H and O–H groups in total. The summed E-state index contributed by atoms with van der Waals surface area (Å²) in [5.41, 5.74) is 0.811. The van der Waals surface area contributed by atoms with Gasteiger partial charge in [0.1, 0.15) is 5.75 Å². The maximum absolute atomic E-state index is 9.38. The molecule has 0 radical (unpaired) electrons. The van der Waals surface area contributed by atoms with Crippen molar-refractivity contribution in [3.63, 3.8) is 0 Å². The number of aliphatic hydroxyl groups excluding tert-OH is 1. The molecule has 1 aromatic carbocycles. The lowest BCUT2D eigenvalue weighted by Crippen LogP contribution is -1.87. The van der Waals surface area contributed by atoms with Gasteiger partial charge in [0.15, 0.2) is 5.06 Å². The van der Waals surface area contributed by atoms with Crippen LogP contribution >= 0.6 is 11.3 Å². The van der Waals surface area contributed by atoms with E-state index >= 15 is 0 Å². The van der Waals surface area contributed by atoms with Gasteiger partial charge >= 0.3 is 0 Å². The SMILES string of the molecule is COc1ccc(CO)c2sc(O)cc12. The lowest BCUT2D eigenvalue weighted by molar-refractivity contribution is 0.283. The Hall–Kier alpha value is -1.26. The highest BCUT2D eigenvalue weighted by atomic mass is 32.1. The molecule has 1 aromatic heterocycles. The van der Waals surface area contributed by atoms with Crippen molar-refractivity contribution in [3.8, 4) is 10.8 Å². The molecule has 0 atom stereocenters. The first-order valence-corrected chi connectivity index (χ1v) is 4.97. The van der Waals surface area contributed by atoms with Crippen LogP contribution in [0.4, 0.5) is 0 Å². The Morgan fingerprint density at radius 1 is 1.43 bits per heavy atom. The second-order valence-corrected chi connectivity index (χ2v) is 3.94. The molecule has 2 rings (SSSR count). The van der Waals surface area contributed by atoms with Gasteiger partial charge in [-0.2, -0.15) is 0 Å². The summed E-state index contributed by atoms with van der Waals surface area (Å²) in [7, 11) is 1.59. The highest BCUT2D eigenvalue weighted by Crippen LogP contribution is 2.38. The van der Waals surface area contributed by atoms with Crippen LogP contribution in [0.15, 0.2) is 18.2 Å². The Balaban J connectivity index is 2.77. The average Bonchev–Trinajstić information content (AvgIpc) is 2.57. The molecule has 0 aliphatic carbocycles. The van der Waals surface area contributed by atoms with Gasteiger partial charge in [0.05, 0.1) is 13.7 Å². The minimum Gasteiger partial charge on any atom is -0.499 e. The maximum Gasteiger partial charge on any atom is 0.172 e. The van der Waals surface area contributed by atoms with Gasteiger partial charge in [0.2, 0.25) is 0 Å². The molecule has 0 saturated carbocycles. The van der Waals surface area contributed by atoms with Gasteiger partial charge in [-0.15, -0.1) is 0 Å². The van der Waals surface area contributed by atoms with E-state index in [0.29, 0.717) is 5.75 Å². The fourth-order valence-electron chi connectivity index (χ4n) is 1.44. The molecule has 0 saturated heterocycles.